The molecule has 0 saturated heterocycles. The number of ether oxygens (including phenoxy) is 1. The van der Waals surface area contributed by atoms with E-state index in [-0.39, 0.29) is 0 Å². The number of nitrogens with zero attached hydrogens (tertiary/aromatic N) is 1. The van der Waals surface area contributed by atoms with E-state index in [0.29, 0.717) is 5.41 Å². The second-order valence-corrected chi connectivity index (χ2v) is 6.74. The Bertz CT molecular complexity index is 247. The summed E-state index contributed by atoms with van der Waals surface area (Å²) in [6.45, 7) is 8.71. The number of rotatable bonds is 10. The van der Waals surface area contributed by atoms with Gasteiger partial charge in [0.05, 0.1) is 6.61 Å². The van der Waals surface area contributed by atoms with Crippen molar-refractivity contribution in [3.63, 3.8) is 0 Å². The van der Waals surface area contributed by atoms with Gasteiger partial charge in [-0.1, -0.05) is 19.8 Å². The summed E-state index contributed by atoms with van der Waals surface area (Å²) < 4.78 is 5.75. The number of likely N-dealkylation sites (N-methyl/N-ethyl adjacent to an activating group) is 1. The highest BCUT2D eigenvalue weighted by atomic mass is 16.5. The van der Waals surface area contributed by atoms with Crippen molar-refractivity contribution in [3.8, 4) is 0 Å². The Balaban J connectivity index is 1.63. The van der Waals surface area contributed by atoms with Crippen LogP contribution in [0.1, 0.15) is 45.4 Å². The van der Waals surface area contributed by atoms with Crippen molar-refractivity contribution in [1.29, 1.82) is 0 Å². The topological polar surface area (TPSA) is 24.5 Å². The first kappa shape index (κ1) is 15.3. The molecule has 2 fully saturated rings. The second kappa shape index (κ2) is 7.61. The third-order valence-corrected chi connectivity index (χ3v) is 4.69. The molecule has 112 valence electrons. The fourth-order valence-corrected chi connectivity index (χ4v) is 3.31. The molecule has 0 spiro atoms. The maximum Gasteiger partial charge on any atom is 0.0593 e. The molecule has 0 amide bonds. The fraction of sp³-hybridized carbons (Fsp3) is 1.00. The van der Waals surface area contributed by atoms with Crippen molar-refractivity contribution in [2.75, 3.05) is 46.4 Å². The predicted molar refractivity (Wildman–Crippen MR) is 80.5 cm³/mol. The van der Waals surface area contributed by atoms with Gasteiger partial charge in [0.1, 0.15) is 0 Å². The summed E-state index contributed by atoms with van der Waals surface area (Å²) in [5, 5.41) is 3.57. The molecular formula is C16H32N2O. The fourth-order valence-electron chi connectivity index (χ4n) is 3.31. The Morgan fingerprint density at radius 3 is 2.63 bits per heavy atom. The molecule has 3 heteroatoms. The van der Waals surface area contributed by atoms with Crippen molar-refractivity contribution < 1.29 is 4.74 Å². The second-order valence-electron chi connectivity index (χ2n) is 6.74. The quantitative estimate of drug-likeness (QED) is 0.616. The molecule has 0 aliphatic heterocycles. The third-order valence-electron chi connectivity index (χ3n) is 4.69. The average Bonchev–Trinajstić information content (AvgIpc) is 3.12. The molecule has 0 heterocycles. The molecule has 0 aromatic heterocycles. The van der Waals surface area contributed by atoms with Crippen LogP contribution in [-0.4, -0.2) is 51.3 Å². The van der Waals surface area contributed by atoms with Crippen LogP contribution < -0.4 is 5.32 Å². The minimum Gasteiger partial charge on any atom is -0.380 e. The van der Waals surface area contributed by atoms with Gasteiger partial charge in [-0.2, -0.15) is 0 Å². The van der Waals surface area contributed by atoms with Crippen molar-refractivity contribution in [1.82, 2.24) is 10.2 Å². The van der Waals surface area contributed by atoms with Gasteiger partial charge in [-0.05, 0) is 50.6 Å². The van der Waals surface area contributed by atoms with Crippen LogP contribution in [0.3, 0.4) is 0 Å². The van der Waals surface area contributed by atoms with Crippen LogP contribution in [0.4, 0.5) is 0 Å². The van der Waals surface area contributed by atoms with E-state index < -0.39 is 0 Å². The minimum atomic E-state index is 0.529. The van der Waals surface area contributed by atoms with E-state index in [4.69, 9.17) is 4.74 Å². The highest BCUT2D eigenvalue weighted by Crippen LogP contribution is 2.38. The zero-order valence-electron chi connectivity index (χ0n) is 12.9. The number of hydrogen-bond donors (Lipinski definition) is 1. The molecule has 0 atom stereocenters. The first-order chi connectivity index (χ1) is 9.24. The molecule has 19 heavy (non-hydrogen) atoms. The van der Waals surface area contributed by atoms with Crippen molar-refractivity contribution in [2.24, 2.45) is 11.3 Å². The zero-order valence-corrected chi connectivity index (χ0v) is 12.9. The summed E-state index contributed by atoms with van der Waals surface area (Å²) in [6.07, 6.45) is 8.40. The van der Waals surface area contributed by atoms with E-state index in [0.717, 1.165) is 32.2 Å². The minimum absolute atomic E-state index is 0.529. The predicted octanol–water partition coefficient (Wildman–Crippen LogP) is 2.51. The van der Waals surface area contributed by atoms with Crippen LogP contribution in [0.25, 0.3) is 0 Å². The first-order valence-corrected chi connectivity index (χ1v) is 8.21. The molecule has 2 rings (SSSR count). The van der Waals surface area contributed by atoms with E-state index in [1.54, 1.807) is 0 Å². The van der Waals surface area contributed by atoms with Gasteiger partial charge < -0.3 is 15.0 Å². The lowest BCUT2D eigenvalue weighted by Crippen LogP contribution is -2.42. The largest absolute Gasteiger partial charge is 0.380 e. The first-order valence-electron chi connectivity index (χ1n) is 8.21. The van der Waals surface area contributed by atoms with Crippen molar-refractivity contribution in [3.05, 3.63) is 0 Å². The van der Waals surface area contributed by atoms with Gasteiger partial charge >= 0.3 is 0 Å². The molecule has 3 nitrogen and oxygen atoms in total. The number of hydrogen-bond acceptors (Lipinski definition) is 3. The normalized spacial score (nSPS) is 22.3. The average molecular weight is 268 g/mol. The monoisotopic (exact) mass is 268 g/mol. The SMILES string of the molecule is CCNCC1(CN(C)CCOCC2CC2)CCCC1. The van der Waals surface area contributed by atoms with Gasteiger partial charge in [0.15, 0.2) is 0 Å². The van der Waals surface area contributed by atoms with Crippen LogP contribution in [0, 0.1) is 11.3 Å². The third kappa shape index (κ3) is 5.41. The van der Waals surface area contributed by atoms with Crippen LogP contribution in [-0.2, 0) is 4.74 Å². The van der Waals surface area contributed by atoms with E-state index in [1.165, 1.54) is 51.6 Å². The zero-order chi connectivity index (χ0) is 13.6. The maximum atomic E-state index is 5.75. The summed E-state index contributed by atoms with van der Waals surface area (Å²) in [5.41, 5.74) is 0.529. The molecule has 0 aromatic carbocycles. The van der Waals surface area contributed by atoms with Crippen molar-refractivity contribution in [2.45, 2.75) is 45.4 Å². The van der Waals surface area contributed by atoms with Gasteiger partial charge in [-0.15, -0.1) is 0 Å². The molecule has 2 saturated carbocycles. The maximum absolute atomic E-state index is 5.75. The lowest BCUT2D eigenvalue weighted by atomic mass is 9.85. The molecule has 0 bridgehead atoms. The summed E-state index contributed by atoms with van der Waals surface area (Å²) in [7, 11) is 2.26. The summed E-state index contributed by atoms with van der Waals surface area (Å²) in [4.78, 5) is 2.48. The number of nitrogens with one attached hydrogen (secondary N) is 1. The molecule has 0 unspecified atom stereocenters. The van der Waals surface area contributed by atoms with Gasteiger partial charge in [0.2, 0.25) is 0 Å². The smallest absolute Gasteiger partial charge is 0.0593 e. The standard InChI is InChI=1S/C16H32N2O/c1-3-17-13-16(8-4-5-9-16)14-18(2)10-11-19-12-15-6-7-15/h15,17H,3-14H2,1-2H3. The molecule has 2 aliphatic carbocycles. The lowest BCUT2D eigenvalue weighted by molar-refractivity contribution is 0.0868. The van der Waals surface area contributed by atoms with E-state index in [2.05, 4.69) is 24.2 Å². The van der Waals surface area contributed by atoms with Crippen molar-refractivity contribution >= 4 is 0 Å². The summed E-state index contributed by atoms with van der Waals surface area (Å²) >= 11 is 0. The van der Waals surface area contributed by atoms with Gasteiger partial charge in [0, 0.05) is 26.2 Å². The van der Waals surface area contributed by atoms with Gasteiger partial charge in [0.25, 0.3) is 0 Å². The van der Waals surface area contributed by atoms with Crippen LogP contribution in [0.2, 0.25) is 0 Å². The highest BCUT2D eigenvalue weighted by Gasteiger charge is 2.34. The van der Waals surface area contributed by atoms with Gasteiger partial charge in [-0.3, -0.25) is 0 Å². The molecule has 0 radical (unpaired) electrons. The Morgan fingerprint density at radius 1 is 1.26 bits per heavy atom. The molecule has 0 aromatic rings. The van der Waals surface area contributed by atoms with Crippen LogP contribution in [0.15, 0.2) is 0 Å². The Kier molecular flexibility index (Phi) is 6.11. The van der Waals surface area contributed by atoms with Gasteiger partial charge in [-0.25, -0.2) is 0 Å². The highest BCUT2D eigenvalue weighted by molar-refractivity contribution is 4.88. The van der Waals surface area contributed by atoms with Crippen LogP contribution >= 0.6 is 0 Å². The summed E-state index contributed by atoms with van der Waals surface area (Å²) in [6, 6.07) is 0. The van der Waals surface area contributed by atoms with E-state index in [9.17, 15) is 0 Å². The molecular weight excluding hydrogens is 236 g/mol. The Hall–Kier alpha value is -0.120. The lowest BCUT2D eigenvalue weighted by Gasteiger charge is -2.34. The summed E-state index contributed by atoms with van der Waals surface area (Å²) in [5.74, 6) is 0.889. The molecule has 1 N–H and O–H groups in total. The van der Waals surface area contributed by atoms with Crippen LogP contribution in [0.5, 0.6) is 0 Å². The van der Waals surface area contributed by atoms with E-state index >= 15 is 0 Å². The molecule has 2 aliphatic rings. The Labute approximate surface area is 119 Å². The van der Waals surface area contributed by atoms with E-state index in [1.807, 2.05) is 0 Å². The Morgan fingerprint density at radius 2 is 2.00 bits per heavy atom.